The highest BCUT2D eigenvalue weighted by molar-refractivity contribution is 7.03. The molecule has 412 valence electrons. The molecule has 0 aromatic carbocycles. The Labute approximate surface area is 435 Å². The van der Waals surface area contributed by atoms with E-state index < -0.39 is 96.0 Å². The van der Waals surface area contributed by atoms with Crippen LogP contribution in [0.1, 0.15) is 119 Å². The molecule has 0 unspecified atom stereocenters. The highest BCUT2D eigenvalue weighted by Crippen LogP contribution is 2.40. The second-order valence-corrected chi connectivity index (χ2v) is 22.8. The van der Waals surface area contributed by atoms with Crippen molar-refractivity contribution in [3.63, 3.8) is 0 Å². The Balaban J connectivity index is 1.24. The Hall–Kier alpha value is -3.23. The number of methoxy groups -OCH3 is 1. The first-order valence-corrected chi connectivity index (χ1v) is 27.0. The monoisotopic (exact) mass is 1050 g/mol. The van der Waals surface area contributed by atoms with Crippen LogP contribution in [-0.4, -0.2) is 201 Å². The summed E-state index contributed by atoms with van der Waals surface area (Å²) < 4.78 is 44.1. The first-order valence-electron chi connectivity index (χ1n) is 26.1. The van der Waals surface area contributed by atoms with E-state index in [1.807, 2.05) is 70.4 Å². The van der Waals surface area contributed by atoms with Crippen molar-refractivity contribution in [2.45, 2.75) is 217 Å². The summed E-state index contributed by atoms with van der Waals surface area (Å²) in [5.74, 6) is -2.46. The molecule has 3 aromatic rings. The van der Waals surface area contributed by atoms with E-state index in [0.29, 0.717) is 56.7 Å². The van der Waals surface area contributed by atoms with Gasteiger partial charge in [-0.05, 0) is 118 Å². The van der Waals surface area contributed by atoms with Gasteiger partial charge in [-0.1, -0.05) is 30.5 Å². The van der Waals surface area contributed by atoms with Crippen LogP contribution in [0.5, 0.6) is 0 Å². The normalized spacial score (nSPS) is 39.1. The van der Waals surface area contributed by atoms with Crippen LogP contribution in [0.15, 0.2) is 23.7 Å². The van der Waals surface area contributed by atoms with Gasteiger partial charge in [0.05, 0.1) is 59.0 Å². The highest BCUT2D eigenvalue weighted by Gasteiger charge is 2.52. The molecular weight excluding hydrogens is 963 g/mol. The average Bonchev–Trinajstić information content (AvgIpc) is 4.07. The van der Waals surface area contributed by atoms with Gasteiger partial charge in [-0.15, -0.1) is 15.3 Å². The minimum absolute atomic E-state index is 0.0413. The lowest BCUT2D eigenvalue weighted by Crippen LogP contribution is -2.60. The summed E-state index contributed by atoms with van der Waals surface area (Å²) in [4.78, 5) is 18.7. The fourth-order valence-electron chi connectivity index (χ4n) is 10.8. The van der Waals surface area contributed by atoms with Crippen molar-refractivity contribution < 1.29 is 58.7 Å². The predicted molar refractivity (Wildman–Crippen MR) is 271 cm³/mol. The maximum atomic E-state index is 14.5. The predicted octanol–water partition coefficient (Wildman–Crippen LogP) is 3.44. The Morgan fingerprint density at radius 2 is 1.66 bits per heavy atom. The summed E-state index contributed by atoms with van der Waals surface area (Å²) in [6.45, 7) is 19.7. The molecule has 3 fully saturated rings. The first kappa shape index (κ1) is 59.0. The number of aliphatic hydroxyl groups is 5. The zero-order valence-electron chi connectivity index (χ0n) is 45.3. The third-order valence-corrected chi connectivity index (χ3v) is 16.4. The topological polar surface area (TPSA) is 262 Å². The van der Waals surface area contributed by atoms with Crippen molar-refractivity contribution in [3.05, 3.63) is 35.1 Å². The molecule has 6 heterocycles. The van der Waals surface area contributed by atoms with Gasteiger partial charge >= 0.3 is 5.97 Å². The number of likely N-dealkylation sites (N-methyl/N-ethyl adjacent to an activating group) is 2. The van der Waals surface area contributed by atoms with Gasteiger partial charge in [-0.2, -0.15) is 5.10 Å². The van der Waals surface area contributed by atoms with E-state index >= 15 is 0 Å². The number of hydrogen-bond acceptors (Lipinski definition) is 21. The second-order valence-electron chi connectivity index (χ2n) is 22.1. The number of esters is 1. The van der Waals surface area contributed by atoms with Gasteiger partial charge in [0.1, 0.15) is 35.3 Å². The van der Waals surface area contributed by atoms with Gasteiger partial charge in [0.15, 0.2) is 12.6 Å². The standard InChI is InChI=1S/C51H85N9O12S/c1-14-41-50(9,66)24-40(61)33(6)59(12)26-29(2)17-20-49(8,65)46(31(4)44(32(5)47(64)70-41)71-42-25-51(10,67-13)45(63)34(7)69-42)72-48-43(62)39(23-30(3)68-48)58(11)21-18-36-27-60(56-53-36)22-19-35-15-16-37(54-52-35)38-28-73-57-55-38/h15-16,27-34,39-46,48,61-63,65-66H,14,17-26H2,1-13H3/t29-,30-,31+,32-,33-,34+,39+,40+,41-,42+,43-,44+,45+,46-,48+,49-,50+,51-/m1/s1. The lowest BCUT2D eigenvalue weighted by atomic mass is 9.78. The van der Waals surface area contributed by atoms with Crippen molar-refractivity contribution in [2.24, 2.45) is 17.8 Å². The van der Waals surface area contributed by atoms with E-state index in [0.717, 1.165) is 11.4 Å². The van der Waals surface area contributed by atoms with Crippen molar-refractivity contribution in [2.75, 3.05) is 34.3 Å². The number of cyclic esters (lactones) is 1. The molecule has 22 heteroatoms. The third-order valence-electron chi connectivity index (χ3n) is 15.9. The van der Waals surface area contributed by atoms with E-state index in [1.165, 1.54) is 18.6 Å². The highest BCUT2D eigenvalue weighted by atomic mass is 32.1. The van der Waals surface area contributed by atoms with Crippen LogP contribution >= 0.6 is 11.5 Å². The van der Waals surface area contributed by atoms with Crippen LogP contribution in [0.25, 0.3) is 11.4 Å². The molecule has 18 atom stereocenters. The van der Waals surface area contributed by atoms with Crippen molar-refractivity contribution in [1.29, 1.82) is 0 Å². The molecule has 21 nitrogen and oxygen atoms in total. The molecule has 3 aliphatic heterocycles. The molecule has 6 rings (SSSR count). The molecule has 0 spiro atoms. The maximum Gasteiger partial charge on any atom is 0.311 e. The fourth-order valence-corrected chi connectivity index (χ4v) is 11.3. The first-order chi connectivity index (χ1) is 34.4. The van der Waals surface area contributed by atoms with Crippen molar-refractivity contribution in [3.8, 4) is 11.4 Å². The average molecular weight is 1050 g/mol. The van der Waals surface area contributed by atoms with Crippen LogP contribution in [-0.2, 0) is 52.6 Å². The molecule has 0 radical (unpaired) electrons. The van der Waals surface area contributed by atoms with Gasteiger partial charge in [0, 0.05) is 82.0 Å². The number of rotatable bonds is 14. The Kier molecular flexibility index (Phi) is 20.4. The van der Waals surface area contributed by atoms with E-state index in [2.05, 4.69) is 41.9 Å². The molecular formula is C51H85N9O12S. The summed E-state index contributed by atoms with van der Waals surface area (Å²) in [7, 11) is 5.37. The zero-order valence-corrected chi connectivity index (χ0v) is 46.1. The lowest BCUT2D eigenvalue weighted by Gasteiger charge is -2.48. The van der Waals surface area contributed by atoms with Crippen LogP contribution in [0.3, 0.4) is 0 Å². The van der Waals surface area contributed by atoms with Gasteiger partial charge in [-0.25, -0.2) is 0 Å². The third kappa shape index (κ3) is 14.8. The zero-order chi connectivity index (χ0) is 53.6. The summed E-state index contributed by atoms with van der Waals surface area (Å²) in [6, 6.07) is 3.03. The Bertz CT molecular complexity index is 2160. The van der Waals surface area contributed by atoms with Gasteiger partial charge in [0.2, 0.25) is 0 Å². The van der Waals surface area contributed by atoms with E-state index in [-0.39, 0.29) is 43.7 Å². The second kappa shape index (κ2) is 25.3. The minimum Gasteiger partial charge on any atom is -0.459 e. The fraction of sp³-hybridized carbons (Fsp3) is 0.824. The number of aryl methyl sites for hydroxylation is 2. The Morgan fingerprint density at radius 3 is 2.32 bits per heavy atom. The number of aromatic nitrogens is 7. The van der Waals surface area contributed by atoms with E-state index in [9.17, 15) is 30.3 Å². The maximum absolute atomic E-state index is 14.5. The number of nitrogens with zero attached hydrogens (tertiary/aromatic N) is 9. The van der Waals surface area contributed by atoms with Crippen molar-refractivity contribution in [1.82, 2.24) is 44.6 Å². The van der Waals surface area contributed by atoms with E-state index in [4.69, 9.17) is 28.4 Å². The number of hydrogen-bond donors (Lipinski definition) is 5. The molecule has 73 heavy (non-hydrogen) atoms. The molecule has 0 bridgehead atoms. The van der Waals surface area contributed by atoms with Gasteiger partial charge < -0.3 is 63.8 Å². The van der Waals surface area contributed by atoms with Crippen molar-refractivity contribution >= 4 is 17.5 Å². The van der Waals surface area contributed by atoms with Crippen LogP contribution < -0.4 is 0 Å². The molecule has 3 saturated heterocycles. The van der Waals surface area contributed by atoms with Gasteiger partial charge in [-0.3, -0.25) is 9.48 Å². The van der Waals surface area contributed by atoms with Crippen LogP contribution in [0.2, 0.25) is 0 Å². The van der Waals surface area contributed by atoms with Gasteiger partial charge in [0.25, 0.3) is 0 Å². The summed E-state index contributed by atoms with van der Waals surface area (Å²) in [6.07, 6.45) is -4.77. The Morgan fingerprint density at radius 1 is 0.918 bits per heavy atom. The quantitative estimate of drug-likeness (QED) is 0.145. The lowest BCUT2D eigenvalue weighted by molar-refractivity contribution is -0.318. The SMILES string of the molecule is CC[C@H]1OC(=O)[C@H](C)[C@@H](O[C@H]2C[C@@](C)(OC)[C@@H](O)[C@H](C)O2)[C@H](C)[C@@H](O[C@@H]2O[C@H](C)C[C@H](N(C)CCc3cn(CCc4ccc(-c5csnn5)nn4)nn3)[C@H]2O)[C@](C)(O)CC[C@@H](C)CN(C)[C@H](C)[C@@H](O)C[C@]1(C)O. The summed E-state index contributed by atoms with van der Waals surface area (Å²) in [5.41, 5.74) is -1.28. The number of carbonyl (C=O) groups is 1. The van der Waals surface area contributed by atoms with E-state index in [1.54, 1.807) is 39.3 Å². The molecule has 5 N–H and O–H groups in total. The number of ether oxygens (including phenoxy) is 6. The van der Waals surface area contributed by atoms with Crippen LogP contribution in [0, 0.1) is 17.8 Å². The largest absolute Gasteiger partial charge is 0.459 e. The minimum atomic E-state index is -1.59. The molecule has 0 amide bonds. The molecule has 0 saturated carbocycles. The number of aliphatic hydroxyl groups excluding tert-OH is 3. The molecule has 3 aliphatic rings. The summed E-state index contributed by atoms with van der Waals surface area (Å²) in [5, 5.41) is 82.8. The van der Waals surface area contributed by atoms with Crippen LogP contribution in [0.4, 0.5) is 0 Å². The number of carbonyl (C=O) groups excluding carboxylic acids is 1. The molecule has 0 aliphatic carbocycles. The smallest absolute Gasteiger partial charge is 0.311 e. The summed E-state index contributed by atoms with van der Waals surface area (Å²) >= 11 is 1.26. The molecule has 3 aromatic heterocycles.